The molecule has 0 atom stereocenters. The lowest BCUT2D eigenvalue weighted by Gasteiger charge is -2.14. The molecule has 0 bridgehead atoms. The Labute approximate surface area is 111 Å². The summed E-state index contributed by atoms with van der Waals surface area (Å²) in [4.78, 5) is 22.5. The van der Waals surface area contributed by atoms with E-state index in [1.54, 1.807) is 6.92 Å². The second-order valence-electron chi connectivity index (χ2n) is 4.79. The van der Waals surface area contributed by atoms with Crippen molar-refractivity contribution in [2.75, 3.05) is 0 Å². The normalized spacial score (nSPS) is 17.1. The van der Waals surface area contributed by atoms with E-state index in [1.807, 2.05) is 0 Å². The van der Waals surface area contributed by atoms with Crippen molar-refractivity contribution in [3.63, 3.8) is 0 Å². The summed E-state index contributed by atoms with van der Waals surface area (Å²) in [6.07, 6.45) is -1.94. The second-order valence-corrected chi connectivity index (χ2v) is 5.15. The summed E-state index contributed by atoms with van der Waals surface area (Å²) in [5.41, 5.74) is -1.50. The molecule has 100 valence electrons. The quantitative estimate of drug-likeness (QED) is 0.863. The highest BCUT2D eigenvalue weighted by atomic mass is 35.5. The van der Waals surface area contributed by atoms with Gasteiger partial charge in [0, 0.05) is 5.56 Å². The minimum atomic E-state index is -2.56. The van der Waals surface area contributed by atoms with Crippen LogP contribution in [-0.2, 0) is 5.41 Å². The smallest absolute Gasteiger partial charge is 0.253 e. The number of nitrogens with zero attached hydrogens (tertiary/aromatic N) is 2. The van der Waals surface area contributed by atoms with Crippen molar-refractivity contribution >= 4 is 22.6 Å². The number of aromatic amines is 1. The van der Waals surface area contributed by atoms with E-state index in [-0.39, 0.29) is 16.4 Å². The molecule has 3 rings (SSSR count). The zero-order valence-electron chi connectivity index (χ0n) is 10.0. The number of alkyl halides is 2. The number of halogens is 3. The lowest BCUT2D eigenvalue weighted by molar-refractivity contribution is 0.101. The largest absolute Gasteiger partial charge is 0.306 e. The number of H-pyrrole nitrogens is 1. The minimum absolute atomic E-state index is 0.0735. The number of hydrogen-bond donors (Lipinski definition) is 1. The van der Waals surface area contributed by atoms with Gasteiger partial charge in [-0.2, -0.15) is 0 Å². The number of aromatic nitrogens is 3. The lowest BCUT2D eigenvalue weighted by Crippen LogP contribution is -2.27. The summed E-state index contributed by atoms with van der Waals surface area (Å²) in [5.74, 6) is 0.413. The molecule has 0 aromatic carbocycles. The van der Waals surface area contributed by atoms with Crippen LogP contribution in [-0.4, -0.2) is 21.4 Å². The van der Waals surface area contributed by atoms with Gasteiger partial charge in [-0.15, -0.1) is 0 Å². The molecule has 0 aliphatic heterocycles. The van der Waals surface area contributed by atoms with Gasteiger partial charge in [-0.1, -0.05) is 11.6 Å². The van der Waals surface area contributed by atoms with E-state index in [4.69, 9.17) is 11.6 Å². The monoisotopic (exact) mass is 285 g/mol. The first-order valence-electron chi connectivity index (χ1n) is 5.80. The number of pyridine rings is 1. The van der Waals surface area contributed by atoms with Crippen LogP contribution in [0.4, 0.5) is 8.78 Å². The van der Waals surface area contributed by atoms with Gasteiger partial charge in [0.2, 0.25) is 6.43 Å². The maximum atomic E-state index is 13.1. The Morgan fingerprint density at radius 3 is 2.68 bits per heavy atom. The molecule has 1 saturated carbocycles. The summed E-state index contributed by atoms with van der Waals surface area (Å²) >= 11 is 5.98. The number of hydrogen-bond acceptors (Lipinski definition) is 3. The summed E-state index contributed by atoms with van der Waals surface area (Å²) in [6.45, 7) is 1.64. The standard InChI is InChI=1S/C12H10ClF2N3O/c1-5-16-8(13)6-4-7(10(19)18-9(6)17-5)12(2-3-12)11(14)15/h4,11H,2-3H2,1H3,(H,16,17,18,19). The molecule has 19 heavy (non-hydrogen) atoms. The fourth-order valence-corrected chi connectivity index (χ4v) is 2.53. The molecule has 2 heterocycles. The van der Waals surface area contributed by atoms with Gasteiger partial charge < -0.3 is 4.98 Å². The highest BCUT2D eigenvalue weighted by Gasteiger charge is 2.54. The second kappa shape index (κ2) is 3.96. The predicted octanol–water partition coefficient (Wildman–Crippen LogP) is 2.58. The molecule has 0 radical (unpaired) electrons. The van der Waals surface area contributed by atoms with Crippen molar-refractivity contribution in [3.8, 4) is 0 Å². The van der Waals surface area contributed by atoms with Crippen molar-refractivity contribution in [1.82, 2.24) is 15.0 Å². The zero-order chi connectivity index (χ0) is 13.8. The van der Waals surface area contributed by atoms with Crippen molar-refractivity contribution < 1.29 is 8.78 Å². The Morgan fingerprint density at radius 1 is 1.42 bits per heavy atom. The average Bonchev–Trinajstić information content (AvgIpc) is 3.08. The Hall–Kier alpha value is -1.56. The molecule has 0 amide bonds. The van der Waals surface area contributed by atoms with Crippen LogP contribution in [0, 0.1) is 6.92 Å². The van der Waals surface area contributed by atoms with E-state index in [1.165, 1.54) is 6.07 Å². The molecular weight excluding hydrogens is 276 g/mol. The fourth-order valence-electron chi connectivity index (χ4n) is 2.26. The van der Waals surface area contributed by atoms with Crippen molar-refractivity contribution in [1.29, 1.82) is 0 Å². The number of fused-ring (bicyclic) bond motifs is 1. The molecule has 1 aliphatic carbocycles. The number of rotatable bonds is 2. The van der Waals surface area contributed by atoms with E-state index >= 15 is 0 Å². The predicted molar refractivity (Wildman–Crippen MR) is 66.8 cm³/mol. The van der Waals surface area contributed by atoms with E-state index in [9.17, 15) is 13.6 Å². The van der Waals surface area contributed by atoms with E-state index in [2.05, 4.69) is 15.0 Å². The van der Waals surface area contributed by atoms with Crippen LogP contribution in [0.2, 0.25) is 5.15 Å². The zero-order valence-corrected chi connectivity index (χ0v) is 10.8. The topological polar surface area (TPSA) is 58.6 Å². The Balaban J connectivity index is 2.29. The van der Waals surface area contributed by atoms with Crippen LogP contribution in [0.1, 0.15) is 24.2 Å². The van der Waals surface area contributed by atoms with Crippen LogP contribution in [0.5, 0.6) is 0 Å². The van der Waals surface area contributed by atoms with Crippen molar-refractivity contribution in [2.24, 2.45) is 0 Å². The van der Waals surface area contributed by atoms with Crippen molar-refractivity contribution in [3.05, 3.63) is 33.0 Å². The van der Waals surface area contributed by atoms with Gasteiger partial charge in [-0.05, 0) is 25.8 Å². The SMILES string of the molecule is Cc1nc(Cl)c2cc(C3(C(F)F)CC3)c(=O)[nH]c2n1. The van der Waals surface area contributed by atoms with E-state index < -0.39 is 17.4 Å². The first-order chi connectivity index (χ1) is 8.94. The van der Waals surface area contributed by atoms with Crippen LogP contribution in [0.15, 0.2) is 10.9 Å². The highest BCUT2D eigenvalue weighted by molar-refractivity contribution is 6.33. The molecule has 1 fully saturated rings. The molecule has 0 saturated heterocycles. The van der Waals surface area contributed by atoms with Crippen molar-refractivity contribution in [2.45, 2.75) is 31.6 Å². The number of nitrogens with one attached hydrogen (secondary N) is 1. The van der Waals surface area contributed by atoms with Gasteiger partial charge in [0.1, 0.15) is 16.6 Å². The van der Waals surface area contributed by atoms with Gasteiger partial charge in [-0.3, -0.25) is 4.79 Å². The molecule has 0 unspecified atom stereocenters. The average molecular weight is 286 g/mol. The molecule has 1 N–H and O–H groups in total. The van der Waals surface area contributed by atoms with Gasteiger partial charge in [0.05, 0.1) is 10.8 Å². The fraction of sp³-hybridized carbons (Fsp3) is 0.417. The molecule has 4 nitrogen and oxygen atoms in total. The Morgan fingerprint density at radius 2 is 2.11 bits per heavy atom. The third kappa shape index (κ3) is 1.82. The molecular formula is C12H10ClF2N3O. The first kappa shape index (κ1) is 12.5. The summed E-state index contributed by atoms with van der Waals surface area (Å²) in [7, 11) is 0. The van der Waals surface area contributed by atoms with Gasteiger partial charge >= 0.3 is 0 Å². The summed E-state index contributed by atoms with van der Waals surface area (Å²) < 4.78 is 26.2. The van der Waals surface area contributed by atoms with Crippen LogP contribution < -0.4 is 5.56 Å². The third-order valence-electron chi connectivity index (χ3n) is 3.52. The molecule has 7 heteroatoms. The summed E-state index contributed by atoms with van der Waals surface area (Å²) in [5, 5.41) is 0.554. The minimum Gasteiger partial charge on any atom is -0.306 e. The highest BCUT2D eigenvalue weighted by Crippen LogP contribution is 2.51. The Kier molecular flexibility index (Phi) is 2.60. The third-order valence-corrected chi connectivity index (χ3v) is 3.81. The van der Waals surface area contributed by atoms with Crippen LogP contribution in [0.25, 0.3) is 11.0 Å². The molecule has 2 aromatic rings. The van der Waals surface area contributed by atoms with E-state index in [0.717, 1.165) is 0 Å². The van der Waals surface area contributed by atoms with Gasteiger partial charge in [-0.25, -0.2) is 18.7 Å². The van der Waals surface area contributed by atoms with Gasteiger partial charge in [0.15, 0.2) is 0 Å². The molecule has 2 aromatic heterocycles. The maximum absolute atomic E-state index is 13.1. The van der Waals surface area contributed by atoms with Gasteiger partial charge in [0.25, 0.3) is 5.56 Å². The lowest BCUT2D eigenvalue weighted by atomic mass is 9.97. The molecule has 0 spiro atoms. The number of aryl methyl sites for hydroxylation is 1. The summed E-state index contributed by atoms with van der Waals surface area (Å²) in [6, 6.07) is 1.40. The molecule has 1 aliphatic rings. The Bertz CT molecular complexity index is 725. The van der Waals surface area contributed by atoms with Crippen LogP contribution in [0.3, 0.4) is 0 Å². The van der Waals surface area contributed by atoms with E-state index in [0.29, 0.717) is 24.1 Å². The maximum Gasteiger partial charge on any atom is 0.253 e. The first-order valence-corrected chi connectivity index (χ1v) is 6.18. The van der Waals surface area contributed by atoms with Crippen LogP contribution >= 0.6 is 11.6 Å².